The van der Waals surface area contributed by atoms with E-state index in [0.29, 0.717) is 6.42 Å². The smallest absolute Gasteiger partial charge is 0.422 e. The average molecular weight is 291 g/mol. The monoisotopic (exact) mass is 291 g/mol. The molecule has 0 saturated carbocycles. The van der Waals surface area contributed by atoms with Gasteiger partial charge in [-0.2, -0.15) is 13.2 Å². The van der Waals surface area contributed by atoms with Crippen molar-refractivity contribution in [3.8, 4) is 5.75 Å². The van der Waals surface area contributed by atoms with Crippen LogP contribution in [-0.2, 0) is 11.3 Å². The molecule has 0 fully saturated rings. The highest BCUT2D eigenvalue weighted by atomic mass is 19.4. The van der Waals surface area contributed by atoms with Crippen LogP contribution in [0.4, 0.5) is 13.2 Å². The van der Waals surface area contributed by atoms with Gasteiger partial charge in [0, 0.05) is 19.6 Å². The summed E-state index contributed by atoms with van der Waals surface area (Å²) >= 11 is 0. The predicted octanol–water partition coefficient (Wildman–Crippen LogP) is 2.02. The first-order chi connectivity index (χ1) is 9.40. The molecule has 0 aliphatic rings. The second-order valence-corrected chi connectivity index (χ2v) is 4.15. The van der Waals surface area contributed by atoms with Crippen molar-refractivity contribution in [1.29, 1.82) is 0 Å². The molecule has 0 aliphatic heterocycles. The van der Waals surface area contributed by atoms with Crippen molar-refractivity contribution in [3.05, 3.63) is 29.8 Å². The van der Waals surface area contributed by atoms with Crippen molar-refractivity contribution >= 4 is 5.91 Å². The number of benzene rings is 1. The summed E-state index contributed by atoms with van der Waals surface area (Å²) in [5.41, 5.74) is 0.752. The quantitative estimate of drug-likeness (QED) is 0.808. The van der Waals surface area contributed by atoms with Gasteiger partial charge < -0.3 is 15.2 Å². The van der Waals surface area contributed by atoms with Gasteiger partial charge in [-0.05, 0) is 24.1 Å². The lowest BCUT2D eigenvalue weighted by Crippen LogP contribution is -2.22. The van der Waals surface area contributed by atoms with Crippen molar-refractivity contribution in [2.24, 2.45) is 0 Å². The van der Waals surface area contributed by atoms with Gasteiger partial charge in [0.05, 0.1) is 0 Å². The van der Waals surface area contributed by atoms with E-state index in [1.165, 1.54) is 12.1 Å². The van der Waals surface area contributed by atoms with Gasteiger partial charge in [0.2, 0.25) is 5.91 Å². The molecule has 0 spiro atoms. The van der Waals surface area contributed by atoms with Crippen LogP contribution >= 0.6 is 0 Å². The number of nitrogens with one attached hydrogen (secondary N) is 1. The number of aliphatic hydroxyl groups is 1. The highest BCUT2D eigenvalue weighted by Crippen LogP contribution is 2.18. The van der Waals surface area contributed by atoms with Crippen LogP contribution in [-0.4, -0.2) is 30.4 Å². The Bertz CT molecular complexity index is 418. The Balaban J connectivity index is 2.37. The summed E-state index contributed by atoms with van der Waals surface area (Å²) in [5.74, 6) is -0.0610. The van der Waals surface area contributed by atoms with Crippen molar-refractivity contribution in [2.75, 3.05) is 13.2 Å². The summed E-state index contributed by atoms with van der Waals surface area (Å²) in [4.78, 5) is 11.3. The molecule has 1 aromatic carbocycles. The van der Waals surface area contributed by atoms with Crippen molar-refractivity contribution in [2.45, 2.75) is 25.6 Å². The van der Waals surface area contributed by atoms with Crippen molar-refractivity contribution in [3.63, 3.8) is 0 Å². The number of amides is 1. The Labute approximate surface area is 114 Å². The van der Waals surface area contributed by atoms with Gasteiger partial charge in [-0.1, -0.05) is 12.1 Å². The minimum atomic E-state index is -4.36. The van der Waals surface area contributed by atoms with E-state index >= 15 is 0 Å². The lowest BCUT2D eigenvalue weighted by Gasteiger charge is -2.10. The van der Waals surface area contributed by atoms with Crippen LogP contribution < -0.4 is 10.1 Å². The number of hydrogen-bond acceptors (Lipinski definition) is 3. The molecular formula is C13H16F3NO3. The van der Waals surface area contributed by atoms with E-state index in [0.717, 1.165) is 5.56 Å². The minimum absolute atomic E-state index is 0.0430. The van der Waals surface area contributed by atoms with Gasteiger partial charge in [0.15, 0.2) is 6.61 Å². The summed E-state index contributed by atoms with van der Waals surface area (Å²) < 4.78 is 40.4. The number of carbonyl (C=O) groups excluding carboxylic acids is 1. The molecular weight excluding hydrogens is 275 g/mol. The minimum Gasteiger partial charge on any atom is -0.484 e. The van der Waals surface area contributed by atoms with Crippen LogP contribution in [0.1, 0.15) is 18.4 Å². The molecule has 2 N–H and O–H groups in total. The van der Waals surface area contributed by atoms with E-state index in [2.05, 4.69) is 10.1 Å². The van der Waals surface area contributed by atoms with Gasteiger partial charge in [0.25, 0.3) is 0 Å². The molecule has 0 bridgehead atoms. The Hall–Kier alpha value is -1.76. The fourth-order valence-corrected chi connectivity index (χ4v) is 1.40. The Morgan fingerprint density at radius 3 is 2.45 bits per heavy atom. The molecule has 112 valence electrons. The van der Waals surface area contributed by atoms with Gasteiger partial charge >= 0.3 is 6.18 Å². The van der Waals surface area contributed by atoms with Crippen LogP contribution in [0, 0.1) is 0 Å². The van der Waals surface area contributed by atoms with E-state index in [-0.39, 0.29) is 31.2 Å². The fourth-order valence-electron chi connectivity index (χ4n) is 1.40. The molecule has 4 nitrogen and oxygen atoms in total. The van der Waals surface area contributed by atoms with E-state index in [1.54, 1.807) is 12.1 Å². The van der Waals surface area contributed by atoms with Crippen LogP contribution in [0.5, 0.6) is 5.75 Å². The summed E-state index contributed by atoms with van der Waals surface area (Å²) in [6, 6.07) is 6.00. The average Bonchev–Trinajstić information content (AvgIpc) is 2.41. The third-order valence-electron chi connectivity index (χ3n) is 2.38. The Kier molecular flexibility index (Phi) is 6.30. The topological polar surface area (TPSA) is 58.6 Å². The largest absolute Gasteiger partial charge is 0.484 e. The standard InChI is InChI=1S/C13H16F3NO3/c14-13(15,16)9-20-11-5-3-10(4-6-11)8-17-12(19)2-1-7-18/h3-6,18H,1-2,7-9H2,(H,17,19). The second-order valence-electron chi connectivity index (χ2n) is 4.15. The molecule has 7 heteroatoms. The normalized spacial score (nSPS) is 11.2. The molecule has 0 unspecified atom stereocenters. The number of halogens is 3. The summed E-state index contributed by atoms with van der Waals surface area (Å²) in [6.07, 6.45) is -3.72. The Morgan fingerprint density at radius 1 is 1.25 bits per heavy atom. The van der Waals surface area contributed by atoms with E-state index in [4.69, 9.17) is 5.11 Å². The number of rotatable bonds is 7. The van der Waals surface area contributed by atoms with Gasteiger partial charge in [-0.25, -0.2) is 0 Å². The van der Waals surface area contributed by atoms with E-state index < -0.39 is 12.8 Å². The number of hydrogen-bond donors (Lipinski definition) is 2. The third-order valence-corrected chi connectivity index (χ3v) is 2.38. The zero-order chi connectivity index (χ0) is 15.0. The predicted molar refractivity (Wildman–Crippen MR) is 66.2 cm³/mol. The molecule has 1 aromatic rings. The third kappa shape index (κ3) is 6.98. The molecule has 0 heterocycles. The first kappa shape index (κ1) is 16.3. The SMILES string of the molecule is O=C(CCCO)NCc1ccc(OCC(F)(F)F)cc1. The van der Waals surface area contributed by atoms with Crippen molar-refractivity contribution in [1.82, 2.24) is 5.32 Å². The molecule has 0 aromatic heterocycles. The molecule has 0 aliphatic carbocycles. The van der Waals surface area contributed by atoms with Gasteiger partial charge in [-0.15, -0.1) is 0 Å². The van der Waals surface area contributed by atoms with Gasteiger partial charge in [0.1, 0.15) is 5.75 Å². The maximum absolute atomic E-state index is 11.9. The zero-order valence-corrected chi connectivity index (χ0v) is 10.7. The summed E-state index contributed by atoms with van der Waals surface area (Å²) in [7, 11) is 0. The number of carbonyl (C=O) groups is 1. The fraction of sp³-hybridized carbons (Fsp3) is 0.462. The number of alkyl halides is 3. The molecule has 0 atom stereocenters. The Morgan fingerprint density at radius 2 is 1.90 bits per heavy atom. The first-order valence-corrected chi connectivity index (χ1v) is 6.07. The molecule has 1 amide bonds. The highest BCUT2D eigenvalue weighted by molar-refractivity contribution is 5.75. The maximum atomic E-state index is 11.9. The summed E-state index contributed by atoms with van der Waals surface area (Å²) in [5, 5.41) is 11.2. The molecule has 20 heavy (non-hydrogen) atoms. The van der Waals surface area contributed by atoms with E-state index in [9.17, 15) is 18.0 Å². The van der Waals surface area contributed by atoms with Crippen LogP contribution in [0.3, 0.4) is 0 Å². The second kappa shape index (κ2) is 7.74. The van der Waals surface area contributed by atoms with Crippen molar-refractivity contribution < 1.29 is 27.8 Å². The van der Waals surface area contributed by atoms with Crippen LogP contribution in [0.2, 0.25) is 0 Å². The van der Waals surface area contributed by atoms with Gasteiger partial charge in [-0.3, -0.25) is 4.79 Å². The van der Waals surface area contributed by atoms with Crippen LogP contribution in [0.25, 0.3) is 0 Å². The molecule has 0 saturated heterocycles. The number of aliphatic hydroxyl groups excluding tert-OH is 1. The lowest BCUT2D eigenvalue weighted by molar-refractivity contribution is -0.153. The molecule has 1 rings (SSSR count). The maximum Gasteiger partial charge on any atom is 0.422 e. The number of ether oxygens (including phenoxy) is 1. The first-order valence-electron chi connectivity index (χ1n) is 6.07. The molecule has 0 radical (unpaired) electrons. The van der Waals surface area contributed by atoms with E-state index in [1.807, 2.05) is 0 Å². The summed E-state index contributed by atoms with van der Waals surface area (Å²) in [6.45, 7) is -1.09. The lowest BCUT2D eigenvalue weighted by atomic mass is 10.2. The highest BCUT2D eigenvalue weighted by Gasteiger charge is 2.28. The zero-order valence-electron chi connectivity index (χ0n) is 10.7. The van der Waals surface area contributed by atoms with Crippen LogP contribution in [0.15, 0.2) is 24.3 Å².